The molecule has 0 aliphatic carbocycles. The molecular weight excluding hydrogens is 388 g/mol. The average Bonchev–Trinajstić information content (AvgIpc) is 3.28. The van der Waals surface area contributed by atoms with Crippen molar-refractivity contribution in [3.8, 4) is 17.1 Å². The lowest BCUT2D eigenvalue weighted by atomic mass is 10.1. The number of hydrogen-bond donors (Lipinski definition) is 0. The highest BCUT2D eigenvalue weighted by Crippen LogP contribution is 2.26. The van der Waals surface area contributed by atoms with Gasteiger partial charge in [0.15, 0.2) is 0 Å². The quantitative estimate of drug-likeness (QED) is 0.574. The van der Waals surface area contributed by atoms with E-state index in [2.05, 4.69) is 36.9 Å². The molecule has 0 bridgehead atoms. The van der Waals surface area contributed by atoms with Gasteiger partial charge in [-0.3, -0.25) is 4.79 Å². The zero-order valence-corrected chi connectivity index (χ0v) is 18.6. The van der Waals surface area contributed by atoms with Crippen LogP contribution >= 0.6 is 0 Å². The minimum atomic E-state index is 0.197. The predicted octanol–water partition coefficient (Wildman–Crippen LogP) is 4.85. The third-order valence-corrected chi connectivity index (χ3v) is 5.96. The topological polar surface area (TPSA) is 45.9 Å². The van der Waals surface area contributed by atoms with Gasteiger partial charge in [-0.05, 0) is 67.4 Å². The molecule has 5 nitrogen and oxygen atoms in total. The summed E-state index contributed by atoms with van der Waals surface area (Å²) in [5.41, 5.74) is 4.84. The summed E-state index contributed by atoms with van der Waals surface area (Å²) in [4.78, 5) is 17.1. The van der Waals surface area contributed by atoms with Crippen LogP contribution in [0, 0.1) is 13.8 Å². The number of hydrogen-bond acceptors (Lipinski definition) is 4. The Bertz CT molecular complexity index is 1030. The molecule has 0 atom stereocenters. The highest BCUT2D eigenvalue weighted by atomic mass is 16.5. The van der Waals surface area contributed by atoms with E-state index in [1.807, 2.05) is 41.3 Å². The number of ether oxygens (including phenoxy) is 1. The molecule has 162 valence electrons. The summed E-state index contributed by atoms with van der Waals surface area (Å²) >= 11 is 0. The second-order valence-electron chi connectivity index (χ2n) is 8.15. The number of amides is 1. The van der Waals surface area contributed by atoms with Gasteiger partial charge in [0, 0.05) is 50.3 Å². The van der Waals surface area contributed by atoms with Gasteiger partial charge in [0.2, 0.25) is 5.91 Å². The van der Waals surface area contributed by atoms with Crippen molar-refractivity contribution in [1.29, 1.82) is 0 Å². The van der Waals surface area contributed by atoms with Gasteiger partial charge < -0.3 is 19.0 Å². The van der Waals surface area contributed by atoms with Gasteiger partial charge in [0.1, 0.15) is 17.3 Å². The highest BCUT2D eigenvalue weighted by Gasteiger charge is 2.22. The fraction of sp³-hybridized carbons (Fsp3) is 0.346. The second-order valence-corrected chi connectivity index (χ2v) is 8.15. The number of rotatable bonds is 6. The Balaban J connectivity index is 1.29. The van der Waals surface area contributed by atoms with Crippen LogP contribution in [0.15, 0.2) is 59.0 Å². The standard InChI is InChI=1S/C26H30N2O3/c1-19-4-5-20(2)24(18-19)27-14-16-28(17-15-27)26(29)13-11-23-10-12-25(31-23)21-6-8-22(30-3)9-7-21/h4-10,12,18H,11,13-17H2,1-3H3. The molecule has 1 aliphatic heterocycles. The van der Waals surface area contributed by atoms with Gasteiger partial charge in [-0.2, -0.15) is 0 Å². The number of furan rings is 1. The monoisotopic (exact) mass is 418 g/mol. The van der Waals surface area contributed by atoms with Crippen LogP contribution in [0.25, 0.3) is 11.3 Å². The van der Waals surface area contributed by atoms with Gasteiger partial charge in [-0.25, -0.2) is 0 Å². The first-order valence-electron chi connectivity index (χ1n) is 10.9. The van der Waals surface area contributed by atoms with Gasteiger partial charge in [-0.1, -0.05) is 12.1 Å². The van der Waals surface area contributed by atoms with E-state index in [9.17, 15) is 4.79 Å². The van der Waals surface area contributed by atoms with Crippen molar-refractivity contribution in [2.45, 2.75) is 26.7 Å². The normalized spacial score (nSPS) is 14.0. The summed E-state index contributed by atoms with van der Waals surface area (Å²) in [5, 5.41) is 0. The molecule has 5 heteroatoms. The Morgan fingerprint density at radius 1 is 0.968 bits per heavy atom. The molecule has 3 aromatic rings. The lowest BCUT2D eigenvalue weighted by Gasteiger charge is -2.37. The molecule has 0 radical (unpaired) electrons. The molecule has 2 aromatic carbocycles. The lowest BCUT2D eigenvalue weighted by molar-refractivity contribution is -0.131. The van der Waals surface area contributed by atoms with Gasteiger partial charge in [0.05, 0.1) is 7.11 Å². The summed E-state index contributed by atoms with van der Waals surface area (Å²) in [6.45, 7) is 7.55. The number of carbonyl (C=O) groups is 1. The fourth-order valence-corrected chi connectivity index (χ4v) is 4.07. The third kappa shape index (κ3) is 4.93. The van der Waals surface area contributed by atoms with Gasteiger partial charge >= 0.3 is 0 Å². The third-order valence-electron chi connectivity index (χ3n) is 5.96. The smallest absolute Gasteiger partial charge is 0.223 e. The van der Waals surface area contributed by atoms with Crippen LogP contribution in [0.5, 0.6) is 5.75 Å². The SMILES string of the molecule is COc1ccc(-c2ccc(CCC(=O)N3CCN(c4cc(C)ccc4C)CC3)o2)cc1. The van der Waals surface area contributed by atoms with Crippen molar-refractivity contribution in [1.82, 2.24) is 4.90 Å². The Labute approximate surface area is 184 Å². The molecule has 1 fully saturated rings. The van der Waals surface area contributed by atoms with Crippen molar-refractivity contribution in [2.75, 3.05) is 38.2 Å². The van der Waals surface area contributed by atoms with Crippen molar-refractivity contribution >= 4 is 11.6 Å². The van der Waals surface area contributed by atoms with E-state index in [1.54, 1.807) is 7.11 Å². The van der Waals surface area contributed by atoms with E-state index in [0.29, 0.717) is 12.8 Å². The molecular formula is C26H30N2O3. The van der Waals surface area contributed by atoms with E-state index < -0.39 is 0 Å². The first kappa shape index (κ1) is 21.0. The van der Waals surface area contributed by atoms with Crippen LogP contribution in [-0.4, -0.2) is 44.1 Å². The highest BCUT2D eigenvalue weighted by molar-refractivity contribution is 5.77. The van der Waals surface area contributed by atoms with Gasteiger partial charge in [-0.15, -0.1) is 0 Å². The summed E-state index contributed by atoms with van der Waals surface area (Å²) in [5.74, 6) is 2.67. The van der Waals surface area contributed by atoms with E-state index in [-0.39, 0.29) is 5.91 Å². The molecule has 4 rings (SSSR count). The predicted molar refractivity (Wildman–Crippen MR) is 124 cm³/mol. The molecule has 1 aliphatic rings. The van der Waals surface area contributed by atoms with Crippen LogP contribution in [0.3, 0.4) is 0 Å². The maximum absolute atomic E-state index is 12.7. The first-order chi connectivity index (χ1) is 15.0. The number of methoxy groups -OCH3 is 1. The number of carbonyl (C=O) groups excluding carboxylic acids is 1. The lowest BCUT2D eigenvalue weighted by Crippen LogP contribution is -2.49. The maximum atomic E-state index is 12.7. The Hall–Kier alpha value is -3.21. The minimum Gasteiger partial charge on any atom is -0.497 e. The number of piperazine rings is 1. The molecule has 0 spiro atoms. The Morgan fingerprint density at radius 2 is 1.71 bits per heavy atom. The Kier molecular flexibility index (Phi) is 6.31. The summed E-state index contributed by atoms with van der Waals surface area (Å²) in [7, 11) is 1.65. The van der Waals surface area contributed by atoms with Crippen LogP contribution in [-0.2, 0) is 11.2 Å². The van der Waals surface area contributed by atoms with E-state index in [4.69, 9.17) is 9.15 Å². The molecule has 1 amide bonds. The minimum absolute atomic E-state index is 0.197. The average molecular weight is 419 g/mol. The number of anilines is 1. The van der Waals surface area contributed by atoms with E-state index in [0.717, 1.165) is 49.0 Å². The summed E-state index contributed by atoms with van der Waals surface area (Å²) in [6.07, 6.45) is 1.09. The molecule has 0 N–H and O–H groups in total. The van der Waals surface area contributed by atoms with Crippen LogP contribution in [0.4, 0.5) is 5.69 Å². The van der Waals surface area contributed by atoms with Crippen LogP contribution < -0.4 is 9.64 Å². The van der Waals surface area contributed by atoms with Crippen molar-refractivity contribution in [2.24, 2.45) is 0 Å². The van der Waals surface area contributed by atoms with Crippen molar-refractivity contribution in [3.63, 3.8) is 0 Å². The molecule has 1 aromatic heterocycles. The molecule has 2 heterocycles. The zero-order chi connectivity index (χ0) is 21.8. The largest absolute Gasteiger partial charge is 0.497 e. The van der Waals surface area contributed by atoms with Crippen molar-refractivity contribution in [3.05, 3.63) is 71.5 Å². The number of aryl methyl sites for hydroxylation is 3. The number of benzene rings is 2. The zero-order valence-electron chi connectivity index (χ0n) is 18.6. The second kappa shape index (κ2) is 9.29. The van der Waals surface area contributed by atoms with Crippen LogP contribution in [0.1, 0.15) is 23.3 Å². The molecule has 1 saturated heterocycles. The van der Waals surface area contributed by atoms with Gasteiger partial charge in [0.25, 0.3) is 0 Å². The van der Waals surface area contributed by atoms with E-state index in [1.165, 1.54) is 16.8 Å². The molecule has 0 unspecified atom stereocenters. The maximum Gasteiger partial charge on any atom is 0.223 e. The van der Waals surface area contributed by atoms with Crippen LogP contribution in [0.2, 0.25) is 0 Å². The van der Waals surface area contributed by atoms with Crippen molar-refractivity contribution < 1.29 is 13.9 Å². The molecule has 0 saturated carbocycles. The first-order valence-corrected chi connectivity index (χ1v) is 10.9. The van der Waals surface area contributed by atoms with E-state index >= 15 is 0 Å². The summed E-state index contributed by atoms with van der Waals surface area (Å²) in [6, 6.07) is 18.3. The molecule has 31 heavy (non-hydrogen) atoms. The summed E-state index contributed by atoms with van der Waals surface area (Å²) < 4.78 is 11.2. The fourth-order valence-electron chi connectivity index (χ4n) is 4.07. The Morgan fingerprint density at radius 3 is 2.42 bits per heavy atom. The number of nitrogens with zero attached hydrogens (tertiary/aromatic N) is 2.